The van der Waals surface area contributed by atoms with E-state index in [-0.39, 0.29) is 10.5 Å². The van der Waals surface area contributed by atoms with E-state index < -0.39 is 32.6 Å². The van der Waals surface area contributed by atoms with Crippen molar-refractivity contribution < 1.29 is 17.2 Å². The summed E-state index contributed by atoms with van der Waals surface area (Å²) in [5.74, 6) is -2.06. The molecule has 3 rings (SSSR count). The van der Waals surface area contributed by atoms with Crippen LogP contribution in [0.25, 0.3) is 0 Å². The number of sulfone groups is 1. The van der Waals surface area contributed by atoms with E-state index in [1.807, 2.05) is 6.07 Å². The molecule has 0 aromatic heterocycles. The van der Waals surface area contributed by atoms with Crippen LogP contribution in [-0.4, -0.2) is 8.42 Å². The van der Waals surface area contributed by atoms with Crippen molar-refractivity contribution in [1.82, 2.24) is 0 Å². The fourth-order valence-electron chi connectivity index (χ4n) is 3.14. The lowest BCUT2D eigenvalue weighted by Crippen LogP contribution is -2.21. The number of benzene rings is 3. The minimum absolute atomic E-state index is 0.00309. The normalized spacial score (nSPS) is 13.9. The Labute approximate surface area is 162 Å². The van der Waals surface area contributed by atoms with Crippen LogP contribution in [0.5, 0.6) is 0 Å². The average Bonchev–Trinajstić information content (AvgIpc) is 2.65. The molecule has 27 heavy (non-hydrogen) atoms. The van der Waals surface area contributed by atoms with E-state index in [4.69, 9.17) is 11.6 Å². The largest absolute Gasteiger partial charge is 0.223 e. The number of hydrogen-bond acceptors (Lipinski definition) is 2. The first-order valence-electron chi connectivity index (χ1n) is 8.30. The van der Waals surface area contributed by atoms with Crippen LogP contribution in [-0.2, 0) is 9.84 Å². The van der Waals surface area contributed by atoms with Crippen molar-refractivity contribution in [1.29, 1.82) is 0 Å². The van der Waals surface area contributed by atoms with Crippen molar-refractivity contribution in [2.75, 3.05) is 0 Å². The molecule has 2 atom stereocenters. The molecule has 6 heteroatoms. The highest BCUT2D eigenvalue weighted by Gasteiger charge is 2.36. The lowest BCUT2D eigenvalue weighted by atomic mass is 9.93. The second-order valence-corrected chi connectivity index (χ2v) is 8.79. The molecular weight excluding hydrogens is 390 g/mol. The molecule has 140 valence electrons. The highest BCUT2D eigenvalue weighted by Crippen LogP contribution is 2.41. The summed E-state index contributed by atoms with van der Waals surface area (Å²) in [6, 6.07) is 17.4. The van der Waals surface area contributed by atoms with Crippen molar-refractivity contribution in [3.8, 4) is 0 Å². The SMILES string of the molecule is CC(c1ccccc1)C(c1cc(F)ccc1F)S(=O)(=O)c1ccc(Cl)cc1. The Morgan fingerprint density at radius 2 is 1.52 bits per heavy atom. The van der Waals surface area contributed by atoms with E-state index in [0.29, 0.717) is 10.6 Å². The smallest absolute Gasteiger partial charge is 0.186 e. The van der Waals surface area contributed by atoms with Crippen LogP contribution in [0.1, 0.15) is 29.2 Å². The summed E-state index contributed by atoms with van der Waals surface area (Å²) in [6.07, 6.45) is 0. The number of hydrogen-bond donors (Lipinski definition) is 0. The number of halogens is 3. The van der Waals surface area contributed by atoms with E-state index in [2.05, 4.69) is 0 Å². The zero-order valence-corrected chi connectivity index (χ0v) is 16.0. The third-order valence-corrected chi connectivity index (χ3v) is 7.03. The molecule has 2 nitrogen and oxygen atoms in total. The van der Waals surface area contributed by atoms with Crippen LogP contribution in [0, 0.1) is 11.6 Å². The van der Waals surface area contributed by atoms with Crippen molar-refractivity contribution >= 4 is 21.4 Å². The van der Waals surface area contributed by atoms with Gasteiger partial charge in [0.05, 0.1) is 4.90 Å². The fraction of sp³-hybridized carbons (Fsp3) is 0.143. The Morgan fingerprint density at radius 1 is 0.889 bits per heavy atom. The summed E-state index contributed by atoms with van der Waals surface area (Å²) >= 11 is 5.86. The molecule has 0 aliphatic heterocycles. The fourth-order valence-corrected chi connectivity index (χ4v) is 5.28. The van der Waals surface area contributed by atoms with Gasteiger partial charge in [0.2, 0.25) is 0 Å². The Balaban J connectivity index is 2.21. The molecule has 0 radical (unpaired) electrons. The third kappa shape index (κ3) is 4.04. The van der Waals surface area contributed by atoms with E-state index in [9.17, 15) is 17.2 Å². The van der Waals surface area contributed by atoms with Gasteiger partial charge in [-0.05, 0) is 48.0 Å². The molecule has 3 aromatic carbocycles. The summed E-state index contributed by atoms with van der Waals surface area (Å²) < 4.78 is 55.2. The minimum Gasteiger partial charge on any atom is -0.223 e. The predicted molar refractivity (Wildman–Crippen MR) is 103 cm³/mol. The second-order valence-electron chi connectivity index (χ2n) is 6.28. The molecular formula is C21H17ClF2O2S. The maximum absolute atomic E-state index is 14.6. The topological polar surface area (TPSA) is 34.1 Å². The predicted octanol–water partition coefficient (Wildman–Crippen LogP) is 5.94. The molecule has 0 saturated heterocycles. The van der Waals surface area contributed by atoms with Gasteiger partial charge in [0.1, 0.15) is 16.9 Å². The molecule has 0 aliphatic carbocycles. The quantitative estimate of drug-likeness (QED) is 0.525. The summed E-state index contributed by atoms with van der Waals surface area (Å²) in [5, 5.41) is -0.907. The lowest BCUT2D eigenvalue weighted by Gasteiger charge is -2.25. The van der Waals surface area contributed by atoms with Gasteiger partial charge >= 0.3 is 0 Å². The van der Waals surface area contributed by atoms with Crippen molar-refractivity contribution in [2.24, 2.45) is 0 Å². The first-order chi connectivity index (χ1) is 12.8. The van der Waals surface area contributed by atoms with Gasteiger partial charge < -0.3 is 0 Å². The van der Waals surface area contributed by atoms with Gasteiger partial charge in [0.15, 0.2) is 9.84 Å². The van der Waals surface area contributed by atoms with E-state index in [0.717, 1.165) is 18.2 Å². The zero-order valence-electron chi connectivity index (χ0n) is 14.4. The first-order valence-corrected chi connectivity index (χ1v) is 10.2. The molecule has 2 unspecified atom stereocenters. The highest BCUT2D eigenvalue weighted by molar-refractivity contribution is 7.91. The standard InChI is InChI=1S/C21H17ClF2O2S/c1-14(15-5-3-2-4-6-15)21(19-13-17(23)9-12-20(19)24)27(25,26)18-10-7-16(22)8-11-18/h2-14,21H,1H3. The van der Waals surface area contributed by atoms with E-state index in [1.165, 1.54) is 24.3 Å². The third-order valence-electron chi connectivity index (χ3n) is 4.52. The van der Waals surface area contributed by atoms with Gasteiger partial charge in [0, 0.05) is 16.5 Å². The monoisotopic (exact) mass is 406 g/mol. The van der Waals surface area contributed by atoms with Gasteiger partial charge in [-0.15, -0.1) is 0 Å². The maximum Gasteiger partial charge on any atom is 0.186 e. The first kappa shape index (κ1) is 19.5. The van der Waals surface area contributed by atoms with Crippen LogP contribution in [0.2, 0.25) is 5.02 Å². The molecule has 0 aliphatic rings. The molecule has 0 N–H and O–H groups in total. The molecule has 0 heterocycles. The lowest BCUT2D eigenvalue weighted by molar-refractivity contribution is 0.541. The molecule has 0 spiro atoms. The Kier molecular flexibility index (Phi) is 5.63. The van der Waals surface area contributed by atoms with Crippen LogP contribution in [0.15, 0.2) is 77.7 Å². The van der Waals surface area contributed by atoms with Crippen molar-refractivity contribution in [3.63, 3.8) is 0 Å². The molecule has 3 aromatic rings. The van der Waals surface area contributed by atoms with Crippen LogP contribution < -0.4 is 0 Å². The average molecular weight is 407 g/mol. The van der Waals surface area contributed by atoms with E-state index >= 15 is 0 Å². The summed E-state index contributed by atoms with van der Waals surface area (Å²) in [6.45, 7) is 1.69. The minimum atomic E-state index is -4.02. The van der Waals surface area contributed by atoms with Crippen molar-refractivity contribution in [3.05, 3.63) is 101 Å². The summed E-state index contributed by atoms with van der Waals surface area (Å²) in [5.41, 5.74) is 0.519. The zero-order chi connectivity index (χ0) is 19.6. The van der Waals surface area contributed by atoms with Gasteiger partial charge in [0.25, 0.3) is 0 Å². The number of rotatable bonds is 5. The summed E-state index contributed by atoms with van der Waals surface area (Å²) in [7, 11) is -4.02. The summed E-state index contributed by atoms with van der Waals surface area (Å²) in [4.78, 5) is 0.00309. The molecule has 0 saturated carbocycles. The van der Waals surface area contributed by atoms with Gasteiger partial charge in [-0.3, -0.25) is 0 Å². The highest BCUT2D eigenvalue weighted by atomic mass is 35.5. The van der Waals surface area contributed by atoms with Gasteiger partial charge in [-0.1, -0.05) is 48.9 Å². The second kappa shape index (κ2) is 7.79. The van der Waals surface area contributed by atoms with Crippen LogP contribution in [0.3, 0.4) is 0 Å². The molecule has 0 amide bonds. The molecule has 0 bridgehead atoms. The van der Waals surface area contributed by atoms with E-state index in [1.54, 1.807) is 31.2 Å². The van der Waals surface area contributed by atoms with Crippen LogP contribution >= 0.6 is 11.6 Å². The van der Waals surface area contributed by atoms with Crippen molar-refractivity contribution in [2.45, 2.75) is 23.0 Å². The Hall–Kier alpha value is -2.24. The Bertz CT molecular complexity index is 1040. The van der Waals surface area contributed by atoms with Gasteiger partial charge in [-0.2, -0.15) is 0 Å². The Morgan fingerprint density at radius 3 is 2.15 bits per heavy atom. The maximum atomic E-state index is 14.6. The van der Waals surface area contributed by atoms with Gasteiger partial charge in [-0.25, -0.2) is 17.2 Å². The molecule has 0 fully saturated rings. The van der Waals surface area contributed by atoms with Crippen LogP contribution in [0.4, 0.5) is 8.78 Å².